The Morgan fingerprint density at radius 3 is 2.79 bits per heavy atom. The van der Waals surface area contributed by atoms with Crippen molar-refractivity contribution in [3.8, 4) is 5.75 Å². The van der Waals surface area contributed by atoms with Gasteiger partial charge in [-0.05, 0) is 37.1 Å². The third kappa shape index (κ3) is 3.34. The molecule has 2 N–H and O–H groups in total. The van der Waals surface area contributed by atoms with E-state index in [2.05, 4.69) is 15.7 Å². The predicted molar refractivity (Wildman–Crippen MR) is 105 cm³/mol. The summed E-state index contributed by atoms with van der Waals surface area (Å²) in [6, 6.07) is 17.0. The standard InChI is InChI=1S/C21H20N4O3/c1-14-8-9-17-16(12-14)22-19(26)21(2,28-17)20(27)23-18-10-11-25(24-18)13-15-6-4-3-5-7-15/h3-12H,13H2,1-2H3,(H,22,26)(H,23,24,27). The molecule has 2 heterocycles. The number of aryl methyl sites for hydroxylation is 1. The lowest BCUT2D eigenvalue weighted by Crippen LogP contribution is -2.56. The molecule has 1 unspecified atom stereocenters. The molecule has 0 aliphatic carbocycles. The molecule has 1 atom stereocenters. The molecular weight excluding hydrogens is 356 g/mol. The van der Waals surface area contributed by atoms with Gasteiger partial charge in [-0.2, -0.15) is 5.10 Å². The molecule has 0 radical (unpaired) electrons. The van der Waals surface area contributed by atoms with Gasteiger partial charge in [0.2, 0.25) is 0 Å². The van der Waals surface area contributed by atoms with Crippen molar-refractivity contribution < 1.29 is 14.3 Å². The first-order valence-electron chi connectivity index (χ1n) is 8.94. The number of nitrogens with zero attached hydrogens (tertiary/aromatic N) is 2. The SMILES string of the molecule is Cc1ccc2c(c1)NC(=O)C(C)(C(=O)Nc1ccn(Cc3ccccc3)n1)O2. The van der Waals surface area contributed by atoms with E-state index in [9.17, 15) is 9.59 Å². The lowest BCUT2D eigenvalue weighted by atomic mass is 10.0. The Morgan fingerprint density at radius 1 is 1.21 bits per heavy atom. The van der Waals surface area contributed by atoms with Crippen LogP contribution in [0.5, 0.6) is 5.75 Å². The molecule has 4 rings (SSSR count). The fourth-order valence-electron chi connectivity index (χ4n) is 3.01. The minimum atomic E-state index is -1.69. The second kappa shape index (κ2) is 6.84. The van der Waals surface area contributed by atoms with Crippen LogP contribution >= 0.6 is 0 Å². The maximum absolute atomic E-state index is 12.8. The van der Waals surface area contributed by atoms with Gasteiger partial charge < -0.3 is 15.4 Å². The molecule has 7 heteroatoms. The summed E-state index contributed by atoms with van der Waals surface area (Å²) in [5.41, 5.74) is 0.949. The van der Waals surface area contributed by atoms with Crippen molar-refractivity contribution >= 4 is 23.3 Å². The molecule has 3 aromatic rings. The number of fused-ring (bicyclic) bond motifs is 1. The van der Waals surface area contributed by atoms with E-state index in [0.717, 1.165) is 11.1 Å². The zero-order chi connectivity index (χ0) is 19.7. The van der Waals surface area contributed by atoms with Gasteiger partial charge in [-0.1, -0.05) is 36.4 Å². The number of ether oxygens (including phenoxy) is 1. The Hall–Kier alpha value is -3.61. The Bertz CT molecular complexity index is 1040. The van der Waals surface area contributed by atoms with Gasteiger partial charge in [-0.3, -0.25) is 14.3 Å². The highest BCUT2D eigenvalue weighted by atomic mass is 16.5. The second-order valence-electron chi connectivity index (χ2n) is 6.93. The minimum Gasteiger partial charge on any atom is -0.466 e. The average Bonchev–Trinajstić information content (AvgIpc) is 3.10. The van der Waals surface area contributed by atoms with E-state index in [1.165, 1.54) is 6.92 Å². The van der Waals surface area contributed by atoms with Crippen LogP contribution in [0, 0.1) is 6.92 Å². The van der Waals surface area contributed by atoms with Crippen LogP contribution in [-0.2, 0) is 16.1 Å². The summed E-state index contributed by atoms with van der Waals surface area (Å²) in [4.78, 5) is 25.3. The summed E-state index contributed by atoms with van der Waals surface area (Å²) in [5, 5.41) is 9.77. The molecule has 0 fully saturated rings. The Kier molecular flexibility index (Phi) is 4.35. The van der Waals surface area contributed by atoms with E-state index in [0.29, 0.717) is 23.8 Å². The molecule has 0 saturated carbocycles. The van der Waals surface area contributed by atoms with E-state index in [-0.39, 0.29) is 0 Å². The van der Waals surface area contributed by atoms with Crippen LogP contribution in [0.25, 0.3) is 0 Å². The van der Waals surface area contributed by atoms with Gasteiger partial charge in [0.1, 0.15) is 5.75 Å². The van der Waals surface area contributed by atoms with Crippen LogP contribution in [0.15, 0.2) is 60.8 Å². The van der Waals surface area contributed by atoms with E-state index >= 15 is 0 Å². The van der Waals surface area contributed by atoms with Crippen molar-refractivity contribution in [2.24, 2.45) is 0 Å². The van der Waals surface area contributed by atoms with Crippen LogP contribution in [0.1, 0.15) is 18.1 Å². The van der Waals surface area contributed by atoms with Crippen molar-refractivity contribution in [3.05, 3.63) is 71.9 Å². The summed E-state index contributed by atoms with van der Waals surface area (Å²) >= 11 is 0. The Balaban J connectivity index is 1.49. The van der Waals surface area contributed by atoms with Gasteiger partial charge in [-0.25, -0.2) is 0 Å². The lowest BCUT2D eigenvalue weighted by Gasteiger charge is -2.33. The van der Waals surface area contributed by atoms with Gasteiger partial charge in [0, 0.05) is 12.3 Å². The maximum Gasteiger partial charge on any atom is 0.279 e. The number of rotatable bonds is 4. The zero-order valence-electron chi connectivity index (χ0n) is 15.6. The molecule has 2 aromatic carbocycles. The lowest BCUT2D eigenvalue weighted by molar-refractivity contribution is -0.143. The summed E-state index contributed by atoms with van der Waals surface area (Å²) in [5.74, 6) is -0.293. The molecule has 1 aliphatic heterocycles. The monoisotopic (exact) mass is 376 g/mol. The van der Waals surface area contributed by atoms with Crippen molar-refractivity contribution in [2.75, 3.05) is 10.6 Å². The number of carbonyl (C=O) groups is 2. The molecule has 7 nitrogen and oxygen atoms in total. The molecule has 1 aliphatic rings. The van der Waals surface area contributed by atoms with E-state index in [4.69, 9.17) is 4.74 Å². The largest absolute Gasteiger partial charge is 0.466 e. The molecule has 142 valence electrons. The van der Waals surface area contributed by atoms with Crippen LogP contribution in [0.4, 0.5) is 11.5 Å². The number of hydrogen-bond acceptors (Lipinski definition) is 4. The highest BCUT2D eigenvalue weighted by Crippen LogP contribution is 2.34. The molecular formula is C21H20N4O3. The number of nitrogens with one attached hydrogen (secondary N) is 2. The van der Waals surface area contributed by atoms with Gasteiger partial charge in [-0.15, -0.1) is 0 Å². The third-order valence-corrected chi connectivity index (χ3v) is 4.63. The smallest absolute Gasteiger partial charge is 0.279 e. The summed E-state index contributed by atoms with van der Waals surface area (Å²) in [6.45, 7) is 3.94. The fourth-order valence-corrected chi connectivity index (χ4v) is 3.01. The summed E-state index contributed by atoms with van der Waals surface area (Å²) in [7, 11) is 0. The number of anilines is 2. The van der Waals surface area contributed by atoms with E-state index in [1.807, 2.05) is 43.3 Å². The van der Waals surface area contributed by atoms with Gasteiger partial charge in [0.15, 0.2) is 5.82 Å². The summed E-state index contributed by atoms with van der Waals surface area (Å²) < 4.78 is 7.48. The molecule has 2 amide bonds. The zero-order valence-corrected chi connectivity index (χ0v) is 15.6. The second-order valence-corrected chi connectivity index (χ2v) is 6.93. The molecule has 1 aromatic heterocycles. The average molecular weight is 376 g/mol. The van der Waals surface area contributed by atoms with Crippen molar-refractivity contribution in [1.29, 1.82) is 0 Å². The van der Waals surface area contributed by atoms with Crippen molar-refractivity contribution in [3.63, 3.8) is 0 Å². The van der Waals surface area contributed by atoms with E-state index in [1.54, 1.807) is 29.1 Å². The van der Waals surface area contributed by atoms with E-state index < -0.39 is 17.4 Å². The van der Waals surface area contributed by atoms with Gasteiger partial charge in [0.25, 0.3) is 17.4 Å². The topological polar surface area (TPSA) is 85.3 Å². The maximum atomic E-state index is 12.8. The number of amides is 2. The molecule has 0 saturated heterocycles. The molecule has 0 bridgehead atoms. The minimum absolute atomic E-state index is 0.355. The van der Waals surface area contributed by atoms with Crippen molar-refractivity contribution in [2.45, 2.75) is 26.0 Å². The van der Waals surface area contributed by atoms with Crippen LogP contribution in [-0.4, -0.2) is 27.2 Å². The first-order valence-corrected chi connectivity index (χ1v) is 8.94. The third-order valence-electron chi connectivity index (χ3n) is 4.63. The quantitative estimate of drug-likeness (QED) is 0.686. The number of hydrogen-bond donors (Lipinski definition) is 2. The van der Waals surface area contributed by atoms with Crippen LogP contribution in [0.3, 0.4) is 0 Å². The Morgan fingerprint density at radius 2 is 2.00 bits per heavy atom. The fraction of sp³-hybridized carbons (Fsp3) is 0.190. The highest BCUT2D eigenvalue weighted by Gasteiger charge is 2.47. The summed E-state index contributed by atoms with van der Waals surface area (Å²) in [6.07, 6.45) is 1.77. The van der Waals surface area contributed by atoms with Gasteiger partial charge in [0.05, 0.1) is 12.2 Å². The number of aromatic nitrogens is 2. The number of benzene rings is 2. The molecule has 0 spiro atoms. The first-order chi connectivity index (χ1) is 13.4. The first kappa shape index (κ1) is 17.8. The number of carbonyl (C=O) groups excluding carboxylic acids is 2. The Labute approximate surface area is 162 Å². The van der Waals surface area contributed by atoms with Gasteiger partial charge >= 0.3 is 0 Å². The molecule has 28 heavy (non-hydrogen) atoms. The van der Waals surface area contributed by atoms with Crippen LogP contribution < -0.4 is 15.4 Å². The predicted octanol–water partition coefficient (Wildman–Crippen LogP) is 2.97. The highest BCUT2D eigenvalue weighted by molar-refractivity contribution is 6.18. The van der Waals surface area contributed by atoms with Crippen LogP contribution in [0.2, 0.25) is 0 Å². The normalized spacial score (nSPS) is 18.0. The van der Waals surface area contributed by atoms with Crippen molar-refractivity contribution in [1.82, 2.24) is 9.78 Å².